The van der Waals surface area contributed by atoms with Gasteiger partial charge >= 0.3 is 6.09 Å². The molecule has 28 heavy (non-hydrogen) atoms. The van der Waals surface area contributed by atoms with E-state index in [2.05, 4.69) is 0 Å². The Bertz CT molecular complexity index is 888. The molecule has 1 saturated heterocycles. The minimum absolute atomic E-state index is 0.275. The number of benzene rings is 3. The van der Waals surface area contributed by atoms with Gasteiger partial charge in [0.25, 0.3) is 0 Å². The van der Waals surface area contributed by atoms with Crippen molar-refractivity contribution in [2.24, 2.45) is 0 Å². The maximum Gasteiger partial charge on any atom is 0.408 e. The van der Waals surface area contributed by atoms with Gasteiger partial charge in [0.2, 0.25) is 0 Å². The molecule has 4 heteroatoms. The lowest BCUT2D eigenvalue weighted by molar-refractivity contribution is -0.00797. The number of nitrogens with zero attached hydrogens (tertiary/aromatic N) is 1. The molecule has 1 aliphatic heterocycles. The monoisotopic (exact) mass is 373 g/mol. The van der Waals surface area contributed by atoms with Gasteiger partial charge in [-0.05, 0) is 29.5 Å². The standard InChI is InChI=1S/C24H23NO3/c26-23(27)25-21(18-10-4-1-5-11-18)16-17-22(25)24(28,19-12-6-2-7-13-19)20-14-8-3-9-15-20/h1-15,21-22,28H,16-17H2,(H,26,27). The van der Waals surface area contributed by atoms with Crippen LogP contribution in [-0.2, 0) is 5.60 Å². The summed E-state index contributed by atoms with van der Waals surface area (Å²) >= 11 is 0. The molecule has 1 aliphatic rings. The molecule has 2 N–H and O–H groups in total. The van der Waals surface area contributed by atoms with Gasteiger partial charge in [0, 0.05) is 0 Å². The second-order valence-corrected chi connectivity index (χ2v) is 7.21. The Morgan fingerprint density at radius 3 is 1.71 bits per heavy atom. The van der Waals surface area contributed by atoms with Crippen molar-refractivity contribution in [3.8, 4) is 0 Å². The second-order valence-electron chi connectivity index (χ2n) is 7.21. The molecule has 0 aliphatic carbocycles. The fourth-order valence-corrected chi connectivity index (χ4v) is 4.43. The predicted octanol–water partition coefficient (Wildman–Crippen LogP) is 4.81. The molecule has 1 heterocycles. The van der Waals surface area contributed by atoms with Crippen LogP contribution in [0.25, 0.3) is 0 Å². The molecule has 2 unspecified atom stereocenters. The Kier molecular flexibility index (Phi) is 4.88. The summed E-state index contributed by atoms with van der Waals surface area (Å²) in [5.41, 5.74) is 0.929. The third-order valence-electron chi connectivity index (χ3n) is 5.70. The first kappa shape index (κ1) is 18.3. The van der Waals surface area contributed by atoms with E-state index in [-0.39, 0.29) is 6.04 Å². The summed E-state index contributed by atoms with van der Waals surface area (Å²) in [6.07, 6.45) is 0.233. The fraction of sp³-hybridized carbons (Fsp3) is 0.208. The van der Waals surface area contributed by atoms with Gasteiger partial charge in [-0.25, -0.2) is 4.79 Å². The van der Waals surface area contributed by atoms with E-state index in [1.54, 1.807) is 0 Å². The van der Waals surface area contributed by atoms with Crippen LogP contribution in [0.4, 0.5) is 4.79 Å². The number of likely N-dealkylation sites (tertiary alicyclic amines) is 1. The molecule has 1 amide bonds. The Morgan fingerprint density at radius 2 is 1.25 bits per heavy atom. The molecule has 4 rings (SSSR count). The van der Waals surface area contributed by atoms with Gasteiger partial charge in [0.05, 0.1) is 12.1 Å². The first-order valence-electron chi connectivity index (χ1n) is 9.52. The molecule has 1 fully saturated rings. The molecule has 4 nitrogen and oxygen atoms in total. The van der Waals surface area contributed by atoms with Crippen molar-refractivity contribution in [2.45, 2.75) is 30.5 Å². The van der Waals surface area contributed by atoms with Crippen LogP contribution < -0.4 is 0 Å². The number of carboxylic acid groups (broad SMARTS) is 1. The minimum Gasteiger partial charge on any atom is -0.465 e. The molecule has 0 aromatic heterocycles. The summed E-state index contributed by atoms with van der Waals surface area (Å²) in [5, 5.41) is 22.1. The highest BCUT2D eigenvalue weighted by Gasteiger charge is 2.50. The van der Waals surface area contributed by atoms with Crippen molar-refractivity contribution in [3.63, 3.8) is 0 Å². The van der Waals surface area contributed by atoms with Gasteiger partial charge in [0.15, 0.2) is 0 Å². The summed E-state index contributed by atoms with van der Waals surface area (Å²) in [7, 11) is 0. The minimum atomic E-state index is -1.43. The van der Waals surface area contributed by atoms with Crippen LogP contribution >= 0.6 is 0 Å². The van der Waals surface area contributed by atoms with Gasteiger partial charge in [0.1, 0.15) is 5.60 Å². The largest absolute Gasteiger partial charge is 0.465 e. The van der Waals surface area contributed by atoms with Gasteiger partial charge in [-0.3, -0.25) is 4.90 Å². The summed E-state index contributed by atoms with van der Waals surface area (Å²) in [4.78, 5) is 13.8. The highest BCUT2D eigenvalue weighted by molar-refractivity contribution is 5.67. The van der Waals surface area contributed by atoms with Gasteiger partial charge in [-0.15, -0.1) is 0 Å². The molecule has 0 bridgehead atoms. The normalized spacial score (nSPS) is 19.5. The van der Waals surface area contributed by atoms with E-state index < -0.39 is 17.7 Å². The Balaban J connectivity index is 1.84. The quantitative estimate of drug-likeness (QED) is 0.690. The molecular formula is C24H23NO3. The van der Waals surface area contributed by atoms with E-state index in [1.165, 1.54) is 4.90 Å². The Labute approximate surface area is 164 Å². The van der Waals surface area contributed by atoms with Crippen LogP contribution in [0.15, 0.2) is 91.0 Å². The first-order chi connectivity index (χ1) is 13.6. The second kappa shape index (κ2) is 7.49. The van der Waals surface area contributed by atoms with E-state index >= 15 is 0 Å². The lowest BCUT2D eigenvalue weighted by atomic mass is 9.79. The van der Waals surface area contributed by atoms with Crippen LogP contribution in [0, 0.1) is 0 Å². The molecule has 0 radical (unpaired) electrons. The highest BCUT2D eigenvalue weighted by atomic mass is 16.4. The number of amides is 1. The van der Waals surface area contributed by atoms with Crippen LogP contribution in [0.1, 0.15) is 35.6 Å². The summed E-state index contributed by atoms with van der Waals surface area (Å²) in [6.45, 7) is 0. The average molecular weight is 373 g/mol. The van der Waals surface area contributed by atoms with Gasteiger partial charge < -0.3 is 10.2 Å². The molecule has 142 valence electrons. The molecule has 0 spiro atoms. The molecular weight excluding hydrogens is 350 g/mol. The maximum absolute atomic E-state index is 12.3. The third-order valence-corrected chi connectivity index (χ3v) is 5.70. The van der Waals surface area contributed by atoms with Crippen LogP contribution in [0.2, 0.25) is 0 Å². The number of hydrogen-bond acceptors (Lipinski definition) is 2. The SMILES string of the molecule is O=C(O)N1C(c2ccccc2)CCC1C(O)(c1ccccc1)c1ccccc1. The Hall–Kier alpha value is -3.11. The number of rotatable bonds is 4. The highest BCUT2D eigenvalue weighted by Crippen LogP contribution is 2.46. The molecule has 2 atom stereocenters. The van der Waals surface area contributed by atoms with E-state index in [1.807, 2.05) is 91.0 Å². The zero-order chi connectivity index (χ0) is 19.6. The van der Waals surface area contributed by atoms with Gasteiger partial charge in [-0.2, -0.15) is 0 Å². The van der Waals surface area contributed by atoms with Crippen LogP contribution in [-0.4, -0.2) is 27.2 Å². The van der Waals surface area contributed by atoms with Crippen LogP contribution in [0.5, 0.6) is 0 Å². The molecule has 3 aromatic rings. The van der Waals surface area contributed by atoms with Crippen molar-refractivity contribution >= 4 is 6.09 Å². The van der Waals surface area contributed by atoms with E-state index in [0.29, 0.717) is 24.0 Å². The number of carbonyl (C=O) groups is 1. The fourth-order valence-electron chi connectivity index (χ4n) is 4.43. The van der Waals surface area contributed by atoms with E-state index in [0.717, 1.165) is 5.56 Å². The van der Waals surface area contributed by atoms with Crippen molar-refractivity contribution in [2.75, 3.05) is 0 Å². The van der Waals surface area contributed by atoms with Crippen molar-refractivity contribution in [3.05, 3.63) is 108 Å². The average Bonchev–Trinajstić information content (AvgIpc) is 3.21. The predicted molar refractivity (Wildman–Crippen MR) is 108 cm³/mol. The lowest BCUT2D eigenvalue weighted by Gasteiger charge is -2.40. The topological polar surface area (TPSA) is 60.8 Å². The summed E-state index contributed by atoms with van der Waals surface area (Å²) in [5.74, 6) is 0. The molecule has 0 saturated carbocycles. The van der Waals surface area contributed by atoms with Crippen molar-refractivity contribution < 1.29 is 15.0 Å². The third kappa shape index (κ3) is 3.06. The van der Waals surface area contributed by atoms with Crippen LogP contribution in [0.3, 0.4) is 0 Å². The molecule has 3 aromatic carbocycles. The van der Waals surface area contributed by atoms with E-state index in [9.17, 15) is 15.0 Å². The summed E-state index contributed by atoms with van der Waals surface area (Å²) < 4.78 is 0. The van der Waals surface area contributed by atoms with Crippen molar-refractivity contribution in [1.82, 2.24) is 4.90 Å². The Morgan fingerprint density at radius 1 is 0.786 bits per heavy atom. The summed E-state index contributed by atoms with van der Waals surface area (Å²) in [6, 6.07) is 27.5. The smallest absolute Gasteiger partial charge is 0.408 e. The maximum atomic E-state index is 12.3. The first-order valence-corrected chi connectivity index (χ1v) is 9.52. The zero-order valence-corrected chi connectivity index (χ0v) is 15.5. The van der Waals surface area contributed by atoms with Crippen molar-refractivity contribution in [1.29, 1.82) is 0 Å². The lowest BCUT2D eigenvalue weighted by Crippen LogP contribution is -2.50. The van der Waals surface area contributed by atoms with Gasteiger partial charge in [-0.1, -0.05) is 91.0 Å². The zero-order valence-electron chi connectivity index (χ0n) is 15.5. The number of hydrogen-bond donors (Lipinski definition) is 2. The van der Waals surface area contributed by atoms with E-state index in [4.69, 9.17) is 0 Å². The number of aliphatic hydroxyl groups is 1.